The monoisotopic (exact) mass is 239 g/mol. The molecular weight excluding hydrogens is 226 g/mol. The molecule has 86 valence electrons. The Morgan fingerprint density at radius 1 is 1.31 bits per heavy atom. The van der Waals surface area contributed by atoms with Crippen LogP contribution in [-0.4, -0.2) is 36.4 Å². The summed E-state index contributed by atoms with van der Waals surface area (Å²) in [5, 5.41) is -0.385. The molecule has 0 radical (unpaired) electrons. The highest BCUT2D eigenvalue weighted by molar-refractivity contribution is 6.67. The maximum Gasteiger partial charge on any atom is 0.252 e. The van der Waals surface area contributed by atoms with Crippen LogP contribution in [0.1, 0.15) is 15.9 Å². The number of hydrogen-bond donors (Lipinski definition) is 0. The number of rotatable bonds is 3. The third kappa shape index (κ3) is 2.82. The van der Waals surface area contributed by atoms with Crippen LogP contribution in [-0.2, 0) is 11.3 Å². The molecule has 1 aliphatic rings. The Bertz CT molecular complexity index is 375. The minimum absolute atomic E-state index is 0.385. The normalized spacial score (nSPS) is 17.3. The molecule has 3 nitrogen and oxygen atoms in total. The van der Waals surface area contributed by atoms with Crippen molar-refractivity contribution in [2.24, 2.45) is 0 Å². The van der Waals surface area contributed by atoms with E-state index in [0.29, 0.717) is 5.56 Å². The smallest absolute Gasteiger partial charge is 0.252 e. The van der Waals surface area contributed by atoms with Gasteiger partial charge >= 0.3 is 0 Å². The van der Waals surface area contributed by atoms with E-state index in [1.165, 1.54) is 0 Å². The molecule has 0 aliphatic carbocycles. The van der Waals surface area contributed by atoms with E-state index in [4.69, 9.17) is 16.3 Å². The molecule has 1 fully saturated rings. The summed E-state index contributed by atoms with van der Waals surface area (Å²) >= 11 is 5.54. The molecule has 0 spiro atoms. The van der Waals surface area contributed by atoms with Crippen molar-refractivity contribution in [3.05, 3.63) is 35.4 Å². The van der Waals surface area contributed by atoms with Gasteiger partial charge in [0.2, 0.25) is 0 Å². The Morgan fingerprint density at radius 2 is 2.00 bits per heavy atom. The lowest BCUT2D eigenvalue weighted by Gasteiger charge is -2.27. The minimum atomic E-state index is -0.385. The van der Waals surface area contributed by atoms with Crippen molar-refractivity contribution in [2.45, 2.75) is 6.54 Å². The van der Waals surface area contributed by atoms with Gasteiger partial charge in [0, 0.05) is 25.2 Å². The highest BCUT2D eigenvalue weighted by Gasteiger charge is 2.14. The zero-order valence-corrected chi connectivity index (χ0v) is 9.74. The number of morpholine rings is 1. The standard InChI is InChI=1S/C12H14ClNO2/c13-12(15)11-4-2-1-3-10(11)9-14-5-7-16-8-6-14/h1-4H,5-9H2. The molecule has 4 heteroatoms. The van der Waals surface area contributed by atoms with E-state index < -0.39 is 0 Å². The van der Waals surface area contributed by atoms with Crippen molar-refractivity contribution in [2.75, 3.05) is 26.3 Å². The first-order valence-electron chi connectivity index (χ1n) is 5.35. The molecule has 2 rings (SSSR count). The lowest BCUT2D eigenvalue weighted by Crippen LogP contribution is -2.35. The Kier molecular flexibility index (Phi) is 3.93. The summed E-state index contributed by atoms with van der Waals surface area (Å²) < 4.78 is 5.28. The number of halogens is 1. The Labute approximate surface area is 100.0 Å². The van der Waals surface area contributed by atoms with Crippen LogP contribution >= 0.6 is 11.6 Å². The van der Waals surface area contributed by atoms with Gasteiger partial charge in [-0.2, -0.15) is 0 Å². The van der Waals surface area contributed by atoms with E-state index in [2.05, 4.69) is 4.90 Å². The Balaban J connectivity index is 2.10. The summed E-state index contributed by atoms with van der Waals surface area (Å²) in [6.07, 6.45) is 0. The predicted molar refractivity (Wildman–Crippen MR) is 62.7 cm³/mol. The van der Waals surface area contributed by atoms with Gasteiger partial charge in [-0.3, -0.25) is 9.69 Å². The molecule has 0 bridgehead atoms. The number of hydrogen-bond acceptors (Lipinski definition) is 3. The second kappa shape index (κ2) is 5.43. The first kappa shape index (κ1) is 11.6. The summed E-state index contributed by atoms with van der Waals surface area (Å²) in [7, 11) is 0. The second-order valence-electron chi connectivity index (χ2n) is 3.82. The van der Waals surface area contributed by atoms with E-state index in [0.717, 1.165) is 38.4 Å². The van der Waals surface area contributed by atoms with Gasteiger partial charge < -0.3 is 4.74 Å². The molecule has 0 N–H and O–H groups in total. The first-order valence-corrected chi connectivity index (χ1v) is 5.73. The fourth-order valence-corrected chi connectivity index (χ4v) is 2.03. The van der Waals surface area contributed by atoms with Gasteiger partial charge in [0.1, 0.15) is 0 Å². The molecule has 0 unspecified atom stereocenters. The maximum atomic E-state index is 11.2. The summed E-state index contributed by atoms with van der Waals surface area (Å²) in [5.74, 6) is 0. The van der Waals surface area contributed by atoms with Crippen LogP contribution in [0.4, 0.5) is 0 Å². The van der Waals surface area contributed by atoms with E-state index in [-0.39, 0.29) is 5.24 Å². The maximum absolute atomic E-state index is 11.2. The Morgan fingerprint density at radius 3 is 2.69 bits per heavy atom. The fraction of sp³-hybridized carbons (Fsp3) is 0.417. The van der Waals surface area contributed by atoms with E-state index in [1.807, 2.05) is 18.2 Å². The fourth-order valence-electron chi connectivity index (χ4n) is 1.85. The van der Waals surface area contributed by atoms with Crippen LogP contribution in [0.2, 0.25) is 0 Å². The quantitative estimate of drug-likeness (QED) is 0.755. The van der Waals surface area contributed by atoms with Crippen molar-refractivity contribution in [3.8, 4) is 0 Å². The lowest BCUT2D eigenvalue weighted by atomic mass is 10.1. The number of carbonyl (C=O) groups is 1. The number of nitrogens with zero attached hydrogens (tertiary/aromatic N) is 1. The summed E-state index contributed by atoms with van der Waals surface area (Å²) in [6, 6.07) is 7.48. The average molecular weight is 240 g/mol. The second-order valence-corrected chi connectivity index (χ2v) is 4.16. The molecule has 0 amide bonds. The van der Waals surface area contributed by atoms with Gasteiger partial charge in [0.05, 0.1) is 13.2 Å². The van der Waals surface area contributed by atoms with Crippen molar-refractivity contribution in [1.82, 2.24) is 4.90 Å². The summed E-state index contributed by atoms with van der Waals surface area (Å²) in [6.45, 7) is 4.10. The van der Waals surface area contributed by atoms with E-state index >= 15 is 0 Å². The summed E-state index contributed by atoms with van der Waals surface area (Å²) in [5.41, 5.74) is 1.60. The van der Waals surface area contributed by atoms with Crippen LogP contribution in [0.3, 0.4) is 0 Å². The molecule has 1 saturated heterocycles. The molecule has 0 aromatic heterocycles. The zero-order valence-electron chi connectivity index (χ0n) is 8.99. The molecule has 1 aromatic rings. The molecule has 16 heavy (non-hydrogen) atoms. The van der Waals surface area contributed by atoms with Gasteiger partial charge in [-0.15, -0.1) is 0 Å². The highest BCUT2D eigenvalue weighted by Crippen LogP contribution is 2.14. The van der Waals surface area contributed by atoms with Crippen molar-refractivity contribution >= 4 is 16.8 Å². The van der Waals surface area contributed by atoms with E-state index in [1.54, 1.807) is 6.07 Å². The van der Waals surface area contributed by atoms with Crippen LogP contribution < -0.4 is 0 Å². The largest absolute Gasteiger partial charge is 0.379 e. The van der Waals surface area contributed by atoms with Crippen LogP contribution in [0.5, 0.6) is 0 Å². The van der Waals surface area contributed by atoms with Crippen molar-refractivity contribution in [3.63, 3.8) is 0 Å². The molecule has 1 heterocycles. The number of ether oxygens (including phenoxy) is 1. The van der Waals surface area contributed by atoms with Gasteiger partial charge in [0.25, 0.3) is 5.24 Å². The molecule has 1 aliphatic heterocycles. The Hall–Kier alpha value is -0.900. The minimum Gasteiger partial charge on any atom is -0.379 e. The number of benzene rings is 1. The first-order chi connectivity index (χ1) is 7.77. The topological polar surface area (TPSA) is 29.5 Å². The molecule has 0 saturated carbocycles. The SMILES string of the molecule is O=C(Cl)c1ccccc1CN1CCOCC1. The zero-order chi connectivity index (χ0) is 11.4. The third-order valence-electron chi connectivity index (χ3n) is 2.73. The molecule has 0 atom stereocenters. The van der Waals surface area contributed by atoms with Gasteiger partial charge in [-0.1, -0.05) is 18.2 Å². The van der Waals surface area contributed by atoms with Crippen molar-refractivity contribution < 1.29 is 9.53 Å². The average Bonchev–Trinajstić information content (AvgIpc) is 2.31. The lowest BCUT2D eigenvalue weighted by molar-refractivity contribution is 0.0341. The van der Waals surface area contributed by atoms with Crippen LogP contribution in [0.15, 0.2) is 24.3 Å². The van der Waals surface area contributed by atoms with Gasteiger partial charge in [-0.25, -0.2) is 0 Å². The number of carbonyl (C=O) groups excluding carboxylic acids is 1. The van der Waals surface area contributed by atoms with Crippen LogP contribution in [0.25, 0.3) is 0 Å². The highest BCUT2D eigenvalue weighted by atomic mass is 35.5. The third-order valence-corrected chi connectivity index (χ3v) is 2.93. The van der Waals surface area contributed by atoms with E-state index in [9.17, 15) is 4.79 Å². The predicted octanol–water partition coefficient (Wildman–Crippen LogP) is 1.90. The molecular formula is C12H14ClNO2. The van der Waals surface area contributed by atoms with Crippen molar-refractivity contribution in [1.29, 1.82) is 0 Å². The van der Waals surface area contributed by atoms with Gasteiger partial charge in [-0.05, 0) is 23.2 Å². The molecule has 1 aromatic carbocycles. The summed E-state index contributed by atoms with van der Waals surface area (Å²) in [4.78, 5) is 13.5. The van der Waals surface area contributed by atoms with Gasteiger partial charge in [0.15, 0.2) is 0 Å². The van der Waals surface area contributed by atoms with Crippen LogP contribution in [0, 0.1) is 0 Å².